The number of carbonyl (C=O) groups excluding carboxylic acids is 1. The Balaban J connectivity index is 1.18. The van der Waals surface area contributed by atoms with Crippen molar-refractivity contribution in [3.05, 3.63) is 22.7 Å². The monoisotopic (exact) mass is 423 g/mol. The highest BCUT2D eigenvalue weighted by atomic mass is 35.5. The first-order valence-corrected chi connectivity index (χ1v) is 11.0. The zero-order valence-corrected chi connectivity index (χ0v) is 17.6. The van der Waals surface area contributed by atoms with Crippen LogP contribution in [-0.4, -0.2) is 81.5 Å². The average Bonchev–Trinajstić information content (AvgIpc) is 2.75. The lowest BCUT2D eigenvalue weighted by Gasteiger charge is -2.36. The predicted molar refractivity (Wildman–Crippen MR) is 111 cm³/mol. The van der Waals surface area contributed by atoms with Crippen molar-refractivity contribution in [3.8, 4) is 11.5 Å². The van der Waals surface area contributed by atoms with Crippen molar-refractivity contribution in [1.82, 2.24) is 15.1 Å². The van der Waals surface area contributed by atoms with E-state index in [0.29, 0.717) is 48.6 Å². The molecule has 4 rings (SSSR count). The minimum Gasteiger partial charge on any atom is -0.486 e. The molecule has 0 aliphatic carbocycles. The van der Waals surface area contributed by atoms with E-state index in [4.69, 9.17) is 25.8 Å². The van der Waals surface area contributed by atoms with Gasteiger partial charge >= 0.3 is 6.03 Å². The van der Waals surface area contributed by atoms with Crippen LogP contribution in [0.15, 0.2) is 12.1 Å². The third-order valence-corrected chi connectivity index (χ3v) is 6.15. The number of morpholine rings is 1. The largest absolute Gasteiger partial charge is 0.486 e. The van der Waals surface area contributed by atoms with Gasteiger partial charge in [0, 0.05) is 39.3 Å². The Labute approximate surface area is 177 Å². The topological polar surface area (TPSA) is 63.3 Å². The van der Waals surface area contributed by atoms with Gasteiger partial charge in [-0.05, 0) is 42.9 Å². The minimum absolute atomic E-state index is 0.0264. The molecule has 0 bridgehead atoms. The SMILES string of the molecule is O=C(NCCc1cc(Cl)c2c(c1)OCCO2)N1CCC(CN2CCOCC2)CC1. The molecule has 7 nitrogen and oxygen atoms in total. The minimum atomic E-state index is 0.0264. The van der Waals surface area contributed by atoms with Gasteiger partial charge in [0.25, 0.3) is 0 Å². The predicted octanol–water partition coefficient (Wildman–Crippen LogP) is 2.41. The summed E-state index contributed by atoms with van der Waals surface area (Å²) in [6.45, 7) is 8.16. The highest BCUT2D eigenvalue weighted by Gasteiger charge is 2.25. The molecule has 3 heterocycles. The number of likely N-dealkylation sites (tertiary alicyclic amines) is 1. The Morgan fingerprint density at radius 1 is 1.07 bits per heavy atom. The van der Waals surface area contributed by atoms with Crippen LogP contribution < -0.4 is 14.8 Å². The molecule has 160 valence electrons. The molecule has 3 aliphatic heterocycles. The second-order valence-electron chi connectivity index (χ2n) is 7.93. The highest BCUT2D eigenvalue weighted by molar-refractivity contribution is 6.32. The number of urea groups is 1. The van der Waals surface area contributed by atoms with E-state index in [-0.39, 0.29) is 6.03 Å². The number of nitrogens with zero attached hydrogens (tertiary/aromatic N) is 2. The van der Waals surface area contributed by atoms with E-state index in [0.717, 1.165) is 64.3 Å². The van der Waals surface area contributed by atoms with E-state index in [2.05, 4.69) is 10.2 Å². The molecule has 1 N–H and O–H groups in total. The molecule has 2 saturated heterocycles. The van der Waals surface area contributed by atoms with Crippen LogP contribution in [0.25, 0.3) is 0 Å². The molecule has 0 radical (unpaired) electrons. The Hall–Kier alpha value is -1.70. The molecule has 2 fully saturated rings. The van der Waals surface area contributed by atoms with Gasteiger partial charge in [0.1, 0.15) is 13.2 Å². The van der Waals surface area contributed by atoms with Crippen LogP contribution >= 0.6 is 11.6 Å². The number of carbonyl (C=O) groups is 1. The van der Waals surface area contributed by atoms with Crippen molar-refractivity contribution < 1.29 is 19.0 Å². The number of halogens is 1. The van der Waals surface area contributed by atoms with Gasteiger partial charge in [-0.25, -0.2) is 4.79 Å². The van der Waals surface area contributed by atoms with Crippen molar-refractivity contribution in [2.24, 2.45) is 5.92 Å². The maximum absolute atomic E-state index is 12.5. The van der Waals surface area contributed by atoms with E-state index in [9.17, 15) is 4.79 Å². The number of nitrogens with one attached hydrogen (secondary N) is 1. The molecule has 2 amide bonds. The first-order chi connectivity index (χ1) is 14.2. The summed E-state index contributed by atoms with van der Waals surface area (Å²) < 4.78 is 16.6. The summed E-state index contributed by atoms with van der Waals surface area (Å²) >= 11 is 6.28. The summed E-state index contributed by atoms with van der Waals surface area (Å²) in [4.78, 5) is 16.9. The zero-order valence-electron chi connectivity index (χ0n) is 16.8. The van der Waals surface area contributed by atoms with Gasteiger partial charge in [0.15, 0.2) is 11.5 Å². The second kappa shape index (κ2) is 9.87. The lowest BCUT2D eigenvalue weighted by molar-refractivity contribution is 0.0258. The molecule has 0 saturated carbocycles. The number of benzene rings is 1. The molecular formula is C21H30ClN3O4. The Morgan fingerprint density at radius 2 is 1.83 bits per heavy atom. The van der Waals surface area contributed by atoms with Gasteiger partial charge < -0.3 is 24.4 Å². The molecule has 0 spiro atoms. The van der Waals surface area contributed by atoms with Gasteiger partial charge in [-0.2, -0.15) is 0 Å². The lowest BCUT2D eigenvalue weighted by Crippen LogP contribution is -2.47. The summed E-state index contributed by atoms with van der Waals surface area (Å²) in [6, 6.07) is 3.86. The first kappa shape index (κ1) is 20.6. The van der Waals surface area contributed by atoms with Crippen LogP contribution in [0.1, 0.15) is 18.4 Å². The van der Waals surface area contributed by atoms with Crippen LogP contribution in [0.2, 0.25) is 5.02 Å². The van der Waals surface area contributed by atoms with E-state index < -0.39 is 0 Å². The van der Waals surface area contributed by atoms with Crippen molar-refractivity contribution in [3.63, 3.8) is 0 Å². The maximum atomic E-state index is 12.5. The van der Waals surface area contributed by atoms with Crippen LogP contribution in [0.4, 0.5) is 4.79 Å². The quantitative estimate of drug-likeness (QED) is 0.788. The number of amides is 2. The van der Waals surface area contributed by atoms with Crippen molar-refractivity contribution in [1.29, 1.82) is 0 Å². The normalized spacial score (nSPS) is 20.5. The van der Waals surface area contributed by atoms with Gasteiger partial charge in [-0.1, -0.05) is 11.6 Å². The molecule has 3 aliphatic rings. The van der Waals surface area contributed by atoms with Gasteiger partial charge in [0.2, 0.25) is 0 Å². The first-order valence-electron chi connectivity index (χ1n) is 10.6. The fourth-order valence-electron chi connectivity index (χ4n) is 4.20. The number of ether oxygens (including phenoxy) is 3. The molecule has 0 atom stereocenters. The van der Waals surface area contributed by atoms with E-state index in [1.54, 1.807) is 0 Å². The summed E-state index contributed by atoms with van der Waals surface area (Å²) in [5.74, 6) is 1.98. The smallest absolute Gasteiger partial charge is 0.317 e. The number of piperidine rings is 1. The lowest BCUT2D eigenvalue weighted by atomic mass is 9.96. The van der Waals surface area contributed by atoms with Gasteiger partial charge in [-0.15, -0.1) is 0 Å². The van der Waals surface area contributed by atoms with Crippen molar-refractivity contribution in [2.75, 3.05) is 65.7 Å². The van der Waals surface area contributed by atoms with Gasteiger partial charge in [0.05, 0.1) is 18.2 Å². The maximum Gasteiger partial charge on any atom is 0.317 e. The highest BCUT2D eigenvalue weighted by Crippen LogP contribution is 2.38. The van der Waals surface area contributed by atoms with Crippen LogP contribution in [-0.2, 0) is 11.2 Å². The fourth-order valence-corrected chi connectivity index (χ4v) is 4.49. The van der Waals surface area contributed by atoms with E-state index in [1.807, 2.05) is 17.0 Å². The molecule has 1 aromatic carbocycles. The Kier molecular flexibility index (Phi) is 7.00. The molecular weight excluding hydrogens is 394 g/mol. The summed E-state index contributed by atoms with van der Waals surface area (Å²) in [5.41, 5.74) is 1.03. The zero-order chi connectivity index (χ0) is 20.1. The average molecular weight is 424 g/mol. The number of hydrogen-bond acceptors (Lipinski definition) is 5. The van der Waals surface area contributed by atoms with Crippen molar-refractivity contribution >= 4 is 17.6 Å². The summed E-state index contributed by atoms with van der Waals surface area (Å²) in [5, 5.41) is 3.60. The van der Waals surface area contributed by atoms with Crippen LogP contribution in [0, 0.1) is 5.92 Å². The summed E-state index contributed by atoms with van der Waals surface area (Å²) in [7, 11) is 0. The third kappa shape index (κ3) is 5.47. The summed E-state index contributed by atoms with van der Waals surface area (Å²) in [6.07, 6.45) is 2.85. The second-order valence-corrected chi connectivity index (χ2v) is 8.33. The Bertz CT molecular complexity index is 703. The number of hydrogen-bond donors (Lipinski definition) is 1. The molecule has 1 aromatic rings. The number of rotatable bonds is 5. The fraction of sp³-hybridized carbons (Fsp3) is 0.667. The standard InChI is InChI=1S/C21H30ClN3O4/c22-18-13-17(14-19-20(18)29-12-11-28-19)1-4-23-21(26)25-5-2-16(3-6-25)15-24-7-9-27-10-8-24/h13-14,16H,1-12,15H2,(H,23,26). The molecule has 0 unspecified atom stereocenters. The van der Waals surface area contributed by atoms with Crippen LogP contribution in [0.5, 0.6) is 11.5 Å². The van der Waals surface area contributed by atoms with Gasteiger partial charge in [-0.3, -0.25) is 4.90 Å². The van der Waals surface area contributed by atoms with Crippen molar-refractivity contribution in [2.45, 2.75) is 19.3 Å². The van der Waals surface area contributed by atoms with E-state index >= 15 is 0 Å². The van der Waals surface area contributed by atoms with Crippen LogP contribution in [0.3, 0.4) is 0 Å². The molecule has 29 heavy (non-hydrogen) atoms. The van der Waals surface area contributed by atoms with E-state index in [1.165, 1.54) is 0 Å². The Morgan fingerprint density at radius 3 is 2.62 bits per heavy atom. The number of fused-ring (bicyclic) bond motifs is 1. The third-order valence-electron chi connectivity index (χ3n) is 5.87. The molecule has 0 aromatic heterocycles. The molecule has 8 heteroatoms.